The number of hydrogen-bond acceptors (Lipinski definition) is 1. The van der Waals surface area contributed by atoms with Gasteiger partial charge in [-0.25, -0.2) is 13.2 Å². The van der Waals surface area contributed by atoms with E-state index in [1.807, 2.05) is 0 Å². The Hall–Kier alpha value is -2.23. The highest BCUT2D eigenvalue weighted by atomic mass is 19.2. The molecule has 1 fully saturated rings. The second-order valence-electron chi connectivity index (χ2n) is 9.75. The number of halogens is 3. The van der Waals surface area contributed by atoms with Crippen LogP contribution in [0.5, 0.6) is 5.75 Å². The summed E-state index contributed by atoms with van der Waals surface area (Å²) in [5.41, 5.74) is 0.792. The molecule has 1 nitrogen and oxygen atoms in total. The van der Waals surface area contributed by atoms with Crippen LogP contribution in [-0.4, -0.2) is 6.61 Å². The fraction of sp³-hybridized carbons (Fsp3) is 0.533. The van der Waals surface area contributed by atoms with Crippen molar-refractivity contribution in [1.29, 1.82) is 0 Å². The van der Waals surface area contributed by atoms with Gasteiger partial charge in [-0.05, 0) is 60.8 Å². The quantitative estimate of drug-likeness (QED) is 0.208. The van der Waals surface area contributed by atoms with E-state index in [1.54, 1.807) is 24.3 Å². The number of unbranched alkanes of at least 4 members (excludes halogenated alkanes) is 3. The minimum Gasteiger partial charge on any atom is -0.491 e. The molecule has 2 aromatic rings. The van der Waals surface area contributed by atoms with E-state index in [-0.39, 0.29) is 11.3 Å². The van der Waals surface area contributed by atoms with Gasteiger partial charge in [0, 0.05) is 5.56 Å². The molecular weight excluding hydrogens is 433 g/mol. The number of benzene rings is 2. The summed E-state index contributed by atoms with van der Waals surface area (Å²) in [5.74, 6) is -0.735. The van der Waals surface area contributed by atoms with Crippen molar-refractivity contribution in [3.8, 4) is 16.9 Å². The Bertz CT molecular complexity index is 916. The summed E-state index contributed by atoms with van der Waals surface area (Å²) in [4.78, 5) is 0. The second-order valence-corrected chi connectivity index (χ2v) is 9.75. The largest absolute Gasteiger partial charge is 0.491 e. The molecule has 186 valence electrons. The van der Waals surface area contributed by atoms with E-state index in [0.717, 1.165) is 25.2 Å². The first-order valence-electron chi connectivity index (χ1n) is 13.0. The summed E-state index contributed by atoms with van der Waals surface area (Å²) in [6, 6.07) is 7.48. The molecule has 0 aromatic heterocycles. The van der Waals surface area contributed by atoms with Crippen molar-refractivity contribution in [3.05, 3.63) is 66.0 Å². The van der Waals surface area contributed by atoms with Gasteiger partial charge in [0.15, 0.2) is 23.2 Å². The normalized spacial score (nSPS) is 18.1. The molecule has 0 aliphatic heterocycles. The van der Waals surface area contributed by atoms with Crippen molar-refractivity contribution in [2.24, 2.45) is 11.8 Å². The number of hydrogen-bond donors (Lipinski definition) is 0. The summed E-state index contributed by atoms with van der Waals surface area (Å²) >= 11 is 0. The average Bonchev–Trinajstić information content (AvgIpc) is 2.84. The van der Waals surface area contributed by atoms with Crippen LogP contribution in [0.4, 0.5) is 13.2 Å². The van der Waals surface area contributed by atoms with Crippen LogP contribution in [0.1, 0.15) is 83.1 Å². The molecule has 2 aromatic carbocycles. The molecule has 34 heavy (non-hydrogen) atoms. The SMILES string of the molecule is C=CCCCOc1ccc(-c2ccc(CCC3CCC(CCCCC)CC3)c(F)c2F)cc1F. The highest BCUT2D eigenvalue weighted by Gasteiger charge is 2.22. The number of ether oxygens (including phenoxy) is 1. The molecule has 0 spiro atoms. The van der Waals surface area contributed by atoms with Gasteiger partial charge in [-0.3, -0.25) is 0 Å². The van der Waals surface area contributed by atoms with Gasteiger partial charge < -0.3 is 4.74 Å². The molecule has 1 saturated carbocycles. The Labute approximate surface area is 203 Å². The lowest BCUT2D eigenvalue weighted by Gasteiger charge is -2.28. The zero-order valence-corrected chi connectivity index (χ0v) is 20.6. The van der Waals surface area contributed by atoms with Gasteiger partial charge in [-0.1, -0.05) is 82.6 Å². The first-order valence-corrected chi connectivity index (χ1v) is 13.0. The van der Waals surface area contributed by atoms with Crippen LogP contribution in [-0.2, 0) is 6.42 Å². The van der Waals surface area contributed by atoms with E-state index >= 15 is 0 Å². The third-order valence-corrected chi connectivity index (χ3v) is 7.22. The summed E-state index contributed by atoms with van der Waals surface area (Å²) in [5, 5.41) is 0. The smallest absolute Gasteiger partial charge is 0.166 e. The van der Waals surface area contributed by atoms with Crippen molar-refractivity contribution in [1.82, 2.24) is 0 Å². The van der Waals surface area contributed by atoms with E-state index in [0.29, 0.717) is 30.1 Å². The molecule has 0 N–H and O–H groups in total. The maximum atomic E-state index is 14.9. The van der Waals surface area contributed by atoms with Gasteiger partial charge in [-0.15, -0.1) is 6.58 Å². The molecule has 4 heteroatoms. The van der Waals surface area contributed by atoms with E-state index < -0.39 is 17.5 Å². The van der Waals surface area contributed by atoms with Gasteiger partial charge in [0.2, 0.25) is 0 Å². The fourth-order valence-electron chi connectivity index (χ4n) is 5.05. The molecular formula is C30H39F3O. The standard InChI is InChI=1S/C30H39F3O/c1-3-5-7-9-22-10-12-23(13-11-22)14-15-24-16-18-26(30(33)29(24)32)25-17-19-28(27(31)21-25)34-20-8-6-4-2/h4,16-19,21-23H,2-3,5-15,20H2,1H3. The minimum absolute atomic E-state index is 0.0749. The van der Waals surface area contributed by atoms with Crippen LogP contribution in [0.2, 0.25) is 0 Å². The van der Waals surface area contributed by atoms with Crippen LogP contribution in [0.15, 0.2) is 43.0 Å². The van der Waals surface area contributed by atoms with Crippen LogP contribution in [0, 0.1) is 29.3 Å². The van der Waals surface area contributed by atoms with Crippen LogP contribution in [0.3, 0.4) is 0 Å². The molecule has 1 aliphatic carbocycles. The molecule has 0 radical (unpaired) electrons. The van der Waals surface area contributed by atoms with Gasteiger partial charge >= 0.3 is 0 Å². The summed E-state index contributed by atoms with van der Waals surface area (Å²) in [6.07, 6.45) is 14.9. The summed E-state index contributed by atoms with van der Waals surface area (Å²) in [7, 11) is 0. The topological polar surface area (TPSA) is 9.23 Å². The summed E-state index contributed by atoms with van der Waals surface area (Å²) in [6.45, 7) is 6.26. The van der Waals surface area contributed by atoms with Crippen LogP contribution < -0.4 is 4.74 Å². The first-order chi connectivity index (χ1) is 16.5. The maximum absolute atomic E-state index is 14.9. The van der Waals surface area contributed by atoms with Gasteiger partial charge in [0.05, 0.1) is 6.61 Å². The minimum atomic E-state index is -0.906. The molecule has 0 unspecified atom stereocenters. The van der Waals surface area contributed by atoms with E-state index in [4.69, 9.17) is 4.74 Å². The zero-order valence-electron chi connectivity index (χ0n) is 20.6. The molecule has 3 rings (SSSR count). The van der Waals surface area contributed by atoms with Crippen molar-refractivity contribution >= 4 is 0 Å². The lowest BCUT2D eigenvalue weighted by atomic mass is 9.77. The summed E-state index contributed by atoms with van der Waals surface area (Å²) < 4.78 is 49.6. The van der Waals surface area contributed by atoms with E-state index in [9.17, 15) is 13.2 Å². The van der Waals surface area contributed by atoms with Crippen LogP contribution in [0.25, 0.3) is 11.1 Å². The van der Waals surface area contributed by atoms with E-state index in [1.165, 1.54) is 63.5 Å². The second kappa shape index (κ2) is 13.6. The monoisotopic (exact) mass is 472 g/mol. The predicted octanol–water partition coefficient (Wildman–Crippen LogP) is 9.44. The van der Waals surface area contributed by atoms with Gasteiger partial charge in [0.25, 0.3) is 0 Å². The zero-order chi connectivity index (χ0) is 24.3. The van der Waals surface area contributed by atoms with Crippen molar-refractivity contribution in [2.75, 3.05) is 6.61 Å². The highest BCUT2D eigenvalue weighted by Crippen LogP contribution is 2.35. The maximum Gasteiger partial charge on any atom is 0.166 e. The molecule has 0 heterocycles. The number of aryl methyl sites for hydroxylation is 1. The number of rotatable bonds is 13. The van der Waals surface area contributed by atoms with Gasteiger partial charge in [0.1, 0.15) is 0 Å². The van der Waals surface area contributed by atoms with Crippen molar-refractivity contribution < 1.29 is 17.9 Å². The van der Waals surface area contributed by atoms with Crippen molar-refractivity contribution in [2.45, 2.75) is 84.0 Å². The Morgan fingerprint density at radius 3 is 2.32 bits per heavy atom. The Morgan fingerprint density at radius 1 is 0.912 bits per heavy atom. The fourth-order valence-corrected chi connectivity index (χ4v) is 5.05. The average molecular weight is 473 g/mol. The highest BCUT2D eigenvalue weighted by molar-refractivity contribution is 5.65. The third-order valence-electron chi connectivity index (χ3n) is 7.22. The Morgan fingerprint density at radius 2 is 1.65 bits per heavy atom. The van der Waals surface area contributed by atoms with Crippen LogP contribution >= 0.6 is 0 Å². The molecule has 0 bridgehead atoms. The molecule has 0 saturated heterocycles. The lowest BCUT2D eigenvalue weighted by Crippen LogP contribution is -2.15. The lowest BCUT2D eigenvalue weighted by molar-refractivity contribution is 0.248. The predicted molar refractivity (Wildman–Crippen MR) is 135 cm³/mol. The van der Waals surface area contributed by atoms with E-state index in [2.05, 4.69) is 13.5 Å². The molecule has 1 aliphatic rings. The molecule has 0 amide bonds. The Kier molecular flexibility index (Phi) is 10.6. The third kappa shape index (κ3) is 7.38. The first kappa shape index (κ1) is 26.4. The molecule has 0 atom stereocenters. The number of allylic oxidation sites excluding steroid dienone is 1. The van der Waals surface area contributed by atoms with Gasteiger partial charge in [-0.2, -0.15) is 0 Å². The Balaban J connectivity index is 1.56. The van der Waals surface area contributed by atoms with Crippen molar-refractivity contribution in [3.63, 3.8) is 0 Å².